The van der Waals surface area contributed by atoms with Gasteiger partial charge in [-0.1, -0.05) is 30.3 Å². The quantitative estimate of drug-likeness (QED) is 0.853. The third-order valence-electron chi connectivity index (χ3n) is 3.32. The molecule has 2 N–H and O–H groups in total. The van der Waals surface area contributed by atoms with E-state index in [2.05, 4.69) is 0 Å². The number of nitrogens with two attached hydrogens (primary N) is 1. The molecule has 0 heterocycles. The fraction of sp³-hybridized carbons (Fsp3) is 0.294. The molecule has 0 fully saturated rings. The van der Waals surface area contributed by atoms with Crippen molar-refractivity contribution >= 4 is 0 Å². The van der Waals surface area contributed by atoms with Crippen molar-refractivity contribution in [2.24, 2.45) is 5.73 Å². The van der Waals surface area contributed by atoms with Gasteiger partial charge in [0.15, 0.2) is 11.5 Å². The van der Waals surface area contributed by atoms with Gasteiger partial charge in [0.05, 0.1) is 20.3 Å². The molecule has 118 valence electrons. The van der Waals surface area contributed by atoms with Gasteiger partial charge < -0.3 is 19.9 Å². The van der Waals surface area contributed by atoms with Crippen LogP contribution in [0.5, 0.6) is 17.2 Å². The highest BCUT2D eigenvalue weighted by Crippen LogP contribution is 2.37. The number of halogens is 1. The summed E-state index contributed by atoms with van der Waals surface area (Å²) in [6.07, 6.45) is 0. The van der Waals surface area contributed by atoms with Crippen LogP contribution < -0.4 is 19.9 Å². The summed E-state index contributed by atoms with van der Waals surface area (Å²) in [6, 6.07) is 12.3. The van der Waals surface area contributed by atoms with Crippen molar-refractivity contribution < 1.29 is 18.6 Å². The molecular formula is C17H20FNO3. The Hall–Kier alpha value is -2.27. The average Bonchev–Trinajstić information content (AvgIpc) is 2.59. The van der Waals surface area contributed by atoms with E-state index in [1.807, 2.05) is 30.3 Å². The molecule has 22 heavy (non-hydrogen) atoms. The SMILES string of the molecule is COc1cc(OCc2ccccc2)c([C@H](N)CF)cc1OC. The Balaban J connectivity index is 2.30. The lowest BCUT2D eigenvalue weighted by Gasteiger charge is -2.18. The first-order valence-electron chi connectivity index (χ1n) is 6.93. The van der Waals surface area contributed by atoms with Gasteiger partial charge in [0, 0.05) is 11.6 Å². The first-order valence-corrected chi connectivity index (χ1v) is 6.93. The zero-order valence-electron chi connectivity index (χ0n) is 12.7. The summed E-state index contributed by atoms with van der Waals surface area (Å²) in [7, 11) is 3.06. The van der Waals surface area contributed by atoms with E-state index >= 15 is 0 Å². The first-order chi connectivity index (χ1) is 10.7. The number of hydrogen-bond donors (Lipinski definition) is 1. The highest BCUT2D eigenvalue weighted by atomic mass is 19.1. The topological polar surface area (TPSA) is 53.7 Å². The maximum atomic E-state index is 13.0. The number of rotatable bonds is 7. The Kier molecular flexibility index (Phi) is 5.61. The van der Waals surface area contributed by atoms with Crippen LogP contribution in [0.15, 0.2) is 42.5 Å². The minimum Gasteiger partial charge on any atom is -0.493 e. The van der Waals surface area contributed by atoms with Gasteiger partial charge in [0.25, 0.3) is 0 Å². The van der Waals surface area contributed by atoms with Gasteiger partial charge in [-0.25, -0.2) is 4.39 Å². The number of alkyl halides is 1. The van der Waals surface area contributed by atoms with E-state index in [0.29, 0.717) is 29.4 Å². The predicted octanol–water partition coefficient (Wildman–Crippen LogP) is 3.25. The number of methoxy groups -OCH3 is 2. The van der Waals surface area contributed by atoms with E-state index < -0.39 is 12.7 Å². The monoisotopic (exact) mass is 305 g/mol. The van der Waals surface area contributed by atoms with Crippen molar-refractivity contribution in [2.75, 3.05) is 20.9 Å². The van der Waals surface area contributed by atoms with Crippen LogP contribution in [0.2, 0.25) is 0 Å². The lowest BCUT2D eigenvalue weighted by atomic mass is 10.1. The van der Waals surface area contributed by atoms with Crippen LogP contribution in [-0.2, 0) is 6.61 Å². The second-order valence-electron chi connectivity index (χ2n) is 4.78. The number of hydrogen-bond acceptors (Lipinski definition) is 4. The van der Waals surface area contributed by atoms with Gasteiger partial charge >= 0.3 is 0 Å². The van der Waals surface area contributed by atoms with E-state index in [4.69, 9.17) is 19.9 Å². The second kappa shape index (κ2) is 7.66. The molecule has 2 aromatic rings. The van der Waals surface area contributed by atoms with Gasteiger partial charge in [0.1, 0.15) is 19.0 Å². The first kappa shape index (κ1) is 16.1. The molecule has 1 atom stereocenters. The largest absolute Gasteiger partial charge is 0.493 e. The highest BCUT2D eigenvalue weighted by molar-refractivity contribution is 5.52. The molecular weight excluding hydrogens is 285 g/mol. The minimum atomic E-state index is -0.773. The molecule has 0 radical (unpaired) electrons. The van der Waals surface area contributed by atoms with Gasteiger partial charge in [-0.05, 0) is 11.6 Å². The Labute approximate surface area is 129 Å². The maximum absolute atomic E-state index is 13.0. The average molecular weight is 305 g/mol. The van der Waals surface area contributed by atoms with Gasteiger partial charge in [0.2, 0.25) is 0 Å². The molecule has 2 rings (SSSR count). The van der Waals surface area contributed by atoms with Crippen LogP contribution >= 0.6 is 0 Å². The summed E-state index contributed by atoms with van der Waals surface area (Å²) in [5.41, 5.74) is 7.39. The molecule has 0 aromatic heterocycles. The molecule has 0 aliphatic heterocycles. The van der Waals surface area contributed by atoms with Crippen LogP contribution in [0.4, 0.5) is 4.39 Å². The van der Waals surface area contributed by atoms with Crippen molar-refractivity contribution in [3.8, 4) is 17.2 Å². The summed E-state index contributed by atoms with van der Waals surface area (Å²) in [5, 5.41) is 0. The van der Waals surface area contributed by atoms with Crippen LogP contribution in [-0.4, -0.2) is 20.9 Å². The lowest BCUT2D eigenvalue weighted by molar-refractivity contribution is 0.292. The maximum Gasteiger partial charge on any atom is 0.164 e. The second-order valence-corrected chi connectivity index (χ2v) is 4.78. The Morgan fingerprint density at radius 2 is 1.64 bits per heavy atom. The fourth-order valence-electron chi connectivity index (χ4n) is 2.11. The highest BCUT2D eigenvalue weighted by Gasteiger charge is 2.17. The van der Waals surface area contributed by atoms with Crippen LogP contribution in [0.3, 0.4) is 0 Å². The third-order valence-corrected chi connectivity index (χ3v) is 3.32. The smallest absolute Gasteiger partial charge is 0.164 e. The van der Waals surface area contributed by atoms with E-state index in [-0.39, 0.29) is 0 Å². The molecule has 0 spiro atoms. The Morgan fingerprint density at radius 3 is 2.23 bits per heavy atom. The van der Waals surface area contributed by atoms with E-state index in [1.54, 1.807) is 12.1 Å². The van der Waals surface area contributed by atoms with Crippen molar-refractivity contribution in [2.45, 2.75) is 12.6 Å². The van der Waals surface area contributed by atoms with Gasteiger partial charge in [-0.3, -0.25) is 0 Å². The zero-order chi connectivity index (χ0) is 15.9. The number of benzene rings is 2. The summed E-state index contributed by atoms with van der Waals surface area (Å²) in [6.45, 7) is -0.320. The lowest BCUT2D eigenvalue weighted by Crippen LogP contribution is -2.14. The third kappa shape index (κ3) is 3.68. The molecule has 5 heteroatoms. The van der Waals surface area contributed by atoms with Crippen LogP contribution in [0.1, 0.15) is 17.2 Å². The summed E-state index contributed by atoms with van der Waals surface area (Å²) in [5.74, 6) is 1.50. The van der Waals surface area contributed by atoms with Crippen molar-refractivity contribution in [1.82, 2.24) is 0 Å². The summed E-state index contributed by atoms with van der Waals surface area (Å²) in [4.78, 5) is 0. The fourth-order valence-corrected chi connectivity index (χ4v) is 2.11. The van der Waals surface area contributed by atoms with E-state index in [9.17, 15) is 4.39 Å². The van der Waals surface area contributed by atoms with Crippen LogP contribution in [0.25, 0.3) is 0 Å². The molecule has 2 aromatic carbocycles. The molecule has 0 aliphatic rings. The van der Waals surface area contributed by atoms with E-state index in [0.717, 1.165) is 5.56 Å². The van der Waals surface area contributed by atoms with Gasteiger partial charge in [-0.15, -0.1) is 0 Å². The zero-order valence-corrected chi connectivity index (χ0v) is 12.7. The molecule has 0 aliphatic carbocycles. The molecule has 0 bridgehead atoms. The van der Waals surface area contributed by atoms with Crippen molar-refractivity contribution in [3.05, 3.63) is 53.6 Å². The molecule has 0 amide bonds. The molecule has 4 nitrogen and oxygen atoms in total. The van der Waals surface area contributed by atoms with Crippen molar-refractivity contribution in [1.29, 1.82) is 0 Å². The summed E-state index contributed by atoms with van der Waals surface area (Å²) >= 11 is 0. The standard InChI is InChI=1S/C17H20FNO3/c1-20-16-8-13(14(19)10-18)15(9-17(16)21-2)22-11-12-6-4-3-5-7-12/h3-9,14H,10-11,19H2,1-2H3/t14-/m1/s1. The Bertz CT molecular complexity index is 604. The molecule has 0 unspecified atom stereocenters. The Morgan fingerprint density at radius 1 is 1.00 bits per heavy atom. The normalized spacial score (nSPS) is 11.8. The van der Waals surface area contributed by atoms with Gasteiger partial charge in [-0.2, -0.15) is 0 Å². The van der Waals surface area contributed by atoms with E-state index in [1.165, 1.54) is 14.2 Å². The summed E-state index contributed by atoms with van der Waals surface area (Å²) < 4.78 is 29.3. The molecule has 0 saturated carbocycles. The molecule has 0 saturated heterocycles. The number of ether oxygens (including phenoxy) is 3. The van der Waals surface area contributed by atoms with Crippen molar-refractivity contribution in [3.63, 3.8) is 0 Å². The van der Waals surface area contributed by atoms with Crippen LogP contribution in [0, 0.1) is 0 Å². The predicted molar refractivity (Wildman–Crippen MR) is 83.2 cm³/mol. The minimum absolute atomic E-state index is 0.363.